The van der Waals surface area contributed by atoms with E-state index in [0.29, 0.717) is 17.5 Å². The van der Waals surface area contributed by atoms with Crippen LogP contribution in [0, 0.1) is 5.92 Å². The maximum Gasteiger partial charge on any atom is 0.573 e. The van der Waals surface area contributed by atoms with Crippen LogP contribution in [0.3, 0.4) is 0 Å². The number of hydrogen-bond acceptors (Lipinski definition) is 3. The van der Waals surface area contributed by atoms with Gasteiger partial charge < -0.3 is 19.5 Å². The fraction of sp³-hybridized carbons (Fsp3) is 0.524. The van der Waals surface area contributed by atoms with Gasteiger partial charge in [-0.25, -0.2) is 4.98 Å². The van der Waals surface area contributed by atoms with Crippen LogP contribution in [0.2, 0.25) is 0 Å². The third-order valence-electron chi connectivity index (χ3n) is 5.99. The topological polar surface area (TPSA) is 54.7 Å². The second-order valence-electron chi connectivity index (χ2n) is 8.02. The molecule has 170 valence electrons. The molecule has 0 bridgehead atoms. The number of aromatic nitrogens is 2. The van der Waals surface area contributed by atoms with Crippen LogP contribution in [0.4, 0.5) is 13.2 Å². The summed E-state index contributed by atoms with van der Waals surface area (Å²) in [5.41, 5.74) is 0.575. The molecule has 1 saturated heterocycles. The summed E-state index contributed by atoms with van der Waals surface area (Å²) in [5.74, 6) is 1.15. The number of imidazole rings is 1. The minimum Gasteiger partial charge on any atom is -0.405 e. The molecule has 1 N–H and O–H groups in total. The van der Waals surface area contributed by atoms with Crippen molar-refractivity contribution in [1.29, 1.82) is 0 Å². The van der Waals surface area contributed by atoms with Gasteiger partial charge in [0, 0.05) is 44.5 Å². The first kappa shape index (κ1) is 23.7. The zero-order chi connectivity index (χ0) is 21.3. The van der Waals surface area contributed by atoms with E-state index in [1.807, 2.05) is 12.5 Å². The Morgan fingerprint density at radius 2 is 2.06 bits per heavy atom. The van der Waals surface area contributed by atoms with E-state index >= 15 is 0 Å². The van der Waals surface area contributed by atoms with Crippen molar-refractivity contribution in [3.05, 3.63) is 48.5 Å². The van der Waals surface area contributed by atoms with E-state index in [-0.39, 0.29) is 41.7 Å². The lowest BCUT2D eigenvalue weighted by Gasteiger charge is -2.39. The molecular weight excluding hydrogens is 522 g/mol. The number of nitrogens with zero attached hydrogens (tertiary/aromatic N) is 4. The molecule has 1 aliphatic carbocycles. The van der Waals surface area contributed by atoms with Gasteiger partial charge in [-0.05, 0) is 30.4 Å². The maximum absolute atomic E-state index is 12.7. The number of hydrogen-bond donors (Lipinski definition) is 1. The molecule has 1 aromatic carbocycles. The van der Waals surface area contributed by atoms with Gasteiger partial charge in [0.1, 0.15) is 5.75 Å². The summed E-state index contributed by atoms with van der Waals surface area (Å²) in [7, 11) is 1.74. The van der Waals surface area contributed by atoms with E-state index < -0.39 is 6.36 Å². The minimum absolute atomic E-state index is 0. The van der Waals surface area contributed by atoms with Crippen LogP contribution in [0.5, 0.6) is 5.75 Å². The molecule has 2 fully saturated rings. The van der Waals surface area contributed by atoms with E-state index in [9.17, 15) is 13.2 Å². The van der Waals surface area contributed by atoms with Gasteiger partial charge in [0.05, 0.1) is 12.4 Å². The number of guanidine groups is 1. The van der Waals surface area contributed by atoms with Crippen LogP contribution in [-0.4, -0.2) is 53.0 Å². The molecule has 10 heteroatoms. The molecule has 4 rings (SSSR count). The maximum atomic E-state index is 12.7. The summed E-state index contributed by atoms with van der Waals surface area (Å²) in [6, 6.07) is 6.70. The Bertz CT molecular complexity index is 889. The largest absolute Gasteiger partial charge is 0.573 e. The third kappa shape index (κ3) is 5.64. The lowest BCUT2D eigenvalue weighted by molar-refractivity contribution is -0.274. The average molecular weight is 549 g/mol. The molecule has 4 atom stereocenters. The Balaban J connectivity index is 0.00000272. The van der Waals surface area contributed by atoms with Crippen molar-refractivity contribution in [2.45, 2.75) is 44.1 Å². The molecule has 2 aromatic rings. The summed E-state index contributed by atoms with van der Waals surface area (Å²) in [6.45, 7) is 3.94. The SMILES string of the molecule is CN=C(NC1CC1c1ccccc1OC(F)(F)F)N1CCC(C)C(n2ccnc2)C1.I. The van der Waals surface area contributed by atoms with Gasteiger partial charge in [0.2, 0.25) is 0 Å². The van der Waals surface area contributed by atoms with E-state index in [1.54, 1.807) is 31.4 Å². The van der Waals surface area contributed by atoms with Gasteiger partial charge in [-0.1, -0.05) is 25.1 Å². The zero-order valence-corrected chi connectivity index (χ0v) is 19.7. The molecule has 0 spiro atoms. The van der Waals surface area contributed by atoms with Crippen molar-refractivity contribution in [3.63, 3.8) is 0 Å². The number of benzene rings is 1. The summed E-state index contributed by atoms with van der Waals surface area (Å²) in [4.78, 5) is 10.8. The Kier molecular flexibility index (Phi) is 7.38. The van der Waals surface area contributed by atoms with Crippen molar-refractivity contribution in [3.8, 4) is 5.75 Å². The van der Waals surface area contributed by atoms with Crippen molar-refractivity contribution in [2.75, 3.05) is 20.1 Å². The Hall–Kier alpha value is -1.98. The highest BCUT2D eigenvalue weighted by atomic mass is 127. The van der Waals surface area contributed by atoms with Gasteiger partial charge >= 0.3 is 6.36 Å². The van der Waals surface area contributed by atoms with E-state index in [1.165, 1.54) is 6.07 Å². The van der Waals surface area contributed by atoms with E-state index in [4.69, 9.17) is 0 Å². The monoisotopic (exact) mass is 549 g/mol. The zero-order valence-electron chi connectivity index (χ0n) is 17.4. The molecule has 4 unspecified atom stereocenters. The lowest BCUT2D eigenvalue weighted by atomic mass is 9.93. The average Bonchev–Trinajstić information content (AvgIpc) is 3.24. The number of likely N-dealkylation sites (tertiary alicyclic amines) is 1. The van der Waals surface area contributed by atoms with Gasteiger partial charge in [-0.2, -0.15) is 0 Å². The van der Waals surface area contributed by atoms with Crippen molar-refractivity contribution in [2.24, 2.45) is 10.9 Å². The molecule has 0 amide bonds. The fourth-order valence-electron chi connectivity index (χ4n) is 4.26. The van der Waals surface area contributed by atoms with Gasteiger partial charge in [0.15, 0.2) is 5.96 Å². The summed E-state index contributed by atoms with van der Waals surface area (Å²) >= 11 is 0. The number of para-hydroxylation sites is 1. The predicted molar refractivity (Wildman–Crippen MR) is 123 cm³/mol. The number of nitrogens with one attached hydrogen (secondary N) is 1. The third-order valence-corrected chi connectivity index (χ3v) is 5.99. The number of alkyl halides is 3. The first-order valence-electron chi connectivity index (χ1n) is 10.2. The minimum atomic E-state index is -4.70. The molecule has 1 saturated carbocycles. The molecule has 1 aliphatic heterocycles. The van der Waals surface area contributed by atoms with Crippen LogP contribution in [-0.2, 0) is 0 Å². The summed E-state index contributed by atoms with van der Waals surface area (Å²) in [6.07, 6.45) is 2.68. The second-order valence-corrected chi connectivity index (χ2v) is 8.02. The highest BCUT2D eigenvalue weighted by Gasteiger charge is 2.43. The Morgan fingerprint density at radius 3 is 2.74 bits per heavy atom. The van der Waals surface area contributed by atoms with Crippen LogP contribution < -0.4 is 10.1 Å². The molecule has 6 nitrogen and oxygen atoms in total. The number of halogens is 4. The van der Waals surface area contributed by atoms with Gasteiger partial charge in [-0.3, -0.25) is 4.99 Å². The molecule has 1 aromatic heterocycles. The van der Waals surface area contributed by atoms with Crippen molar-refractivity contribution < 1.29 is 17.9 Å². The standard InChI is InChI=1S/C21H26F3N5O.HI/c1-14-7-9-28(12-18(14)29-10-8-26-13-29)20(25-2)27-17-11-16(17)15-5-3-4-6-19(15)30-21(22,23)24;/h3-6,8,10,13-14,16-18H,7,9,11-12H2,1-2H3,(H,25,27);1H. The number of ether oxygens (including phenoxy) is 1. The van der Waals surface area contributed by atoms with E-state index in [2.05, 4.69) is 36.4 Å². The molecular formula is C21H27F3IN5O. The van der Waals surface area contributed by atoms with Crippen LogP contribution in [0.1, 0.15) is 37.3 Å². The van der Waals surface area contributed by atoms with Crippen LogP contribution in [0.15, 0.2) is 48.0 Å². The molecule has 2 aliphatic rings. The summed E-state index contributed by atoms with van der Waals surface area (Å²) in [5, 5.41) is 3.44. The van der Waals surface area contributed by atoms with Crippen LogP contribution >= 0.6 is 24.0 Å². The first-order chi connectivity index (χ1) is 14.4. The number of aliphatic imine (C=N–C) groups is 1. The normalized spacial score (nSPS) is 26.2. The number of piperidine rings is 1. The molecule has 2 heterocycles. The molecule has 31 heavy (non-hydrogen) atoms. The Morgan fingerprint density at radius 1 is 1.29 bits per heavy atom. The second kappa shape index (κ2) is 9.66. The smallest absolute Gasteiger partial charge is 0.405 e. The first-order valence-corrected chi connectivity index (χ1v) is 10.2. The molecule has 0 radical (unpaired) electrons. The Labute approximate surface area is 196 Å². The number of rotatable bonds is 4. The van der Waals surface area contributed by atoms with Crippen molar-refractivity contribution >= 4 is 29.9 Å². The van der Waals surface area contributed by atoms with Crippen LogP contribution in [0.25, 0.3) is 0 Å². The highest BCUT2D eigenvalue weighted by Crippen LogP contribution is 2.45. The predicted octanol–water partition coefficient (Wildman–Crippen LogP) is 4.41. The fourth-order valence-corrected chi connectivity index (χ4v) is 4.26. The van der Waals surface area contributed by atoms with Crippen molar-refractivity contribution in [1.82, 2.24) is 19.8 Å². The van der Waals surface area contributed by atoms with E-state index in [0.717, 1.165) is 31.9 Å². The van der Waals surface area contributed by atoms with Gasteiger partial charge in [0.25, 0.3) is 0 Å². The highest BCUT2D eigenvalue weighted by molar-refractivity contribution is 14.0. The van der Waals surface area contributed by atoms with Gasteiger partial charge in [-0.15, -0.1) is 37.1 Å². The summed E-state index contributed by atoms with van der Waals surface area (Å²) < 4.78 is 44.5. The lowest BCUT2D eigenvalue weighted by Crippen LogP contribution is -2.49. The quantitative estimate of drug-likeness (QED) is 0.349.